The first-order chi connectivity index (χ1) is 14.6. The summed E-state index contributed by atoms with van der Waals surface area (Å²) in [6.45, 7) is 0. The van der Waals surface area contributed by atoms with Gasteiger partial charge in [-0.3, -0.25) is 0 Å². The summed E-state index contributed by atoms with van der Waals surface area (Å²) in [4.78, 5) is 19.6. The van der Waals surface area contributed by atoms with Gasteiger partial charge in [-0.1, -0.05) is 18.2 Å². The lowest BCUT2D eigenvalue weighted by Gasteiger charge is -1.99. The number of hydrogen-bond acceptors (Lipinski definition) is 8. The number of thiazole rings is 1. The Hall–Kier alpha value is -3.98. The molecule has 2 N–H and O–H groups in total. The van der Waals surface area contributed by atoms with E-state index in [9.17, 15) is 9.90 Å². The molecule has 0 radical (unpaired) electrons. The molecule has 9 heteroatoms. The number of azo groups is 1. The Morgan fingerprint density at radius 2 is 2.03 bits per heavy atom. The van der Waals surface area contributed by atoms with Crippen LogP contribution in [0.4, 0.5) is 10.8 Å². The molecule has 0 bridgehead atoms. The maximum atomic E-state index is 12.3. The summed E-state index contributed by atoms with van der Waals surface area (Å²) in [6.07, 6.45) is 0. The third-order valence-electron chi connectivity index (χ3n) is 4.60. The molecule has 8 nitrogen and oxygen atoms in total. The maximum Gasteiger partial charge on any atom is 0.345 e. The highest BCUT2D eigenvalue weighted by Gasteiger charge is 2.14. The van der Waals surface area contributed by atoms with Crippen LogP contribution in [0.1, 0.15) is 0 Å². The third-order valence-corrected chi connectivity index (χ3v) is 5.33. The number of aromatic nitrogens is 2. The van der Waals surface area contributed by atoms with E-state index in [0.717, 1.165) is 5.39 Å². The van der Waals surface area contributed by atoms with Crippen molar-refractivity contribution in [1.82, 2.24) is 9.97 Å². The summed E-state index contributed by atoms with van der Waals surface area (Å²) in [7, 11) is 1.56. The second-order valence-electron chi connectivity index (χ2n) is 6.43. The smallest absolute Gasteiger partial charge is 0.345 e. The van der Waals surface area contributed by atoms with E-state index in [2.05, 4.69) is 20.2 Å². The summed E-state index contributed by atoms with van der Waals surface area (Å²) >= 11 is 1.23. The number of nitrogens with one attached hydrogen (secondary N) is 1. The second kappa shape index (κ2) is 7.12. The average molecular weight is 418 g/mol. The van der Waals surface area contributed by atoms with Gasteiger partial charge in [0, 0.05) is 16.2 Å². The fourth-order valence-electron chi connectivity index (χ4n) is 3.14. The molecule has 5 aromatic rings. The molecule has 0 atom stereocenters. The monoisotopic (exact) mass is 418 g/mol. The number of hydrogen-bond donors (Lipinski definition) is 2. The van der Waals surface area contributed by atoms with Crippen molar-refractivity contribution >= 4 is 44.0 Å². The molecule has 0 fully saturated rings. The Labute approximate surface area is 173 Å². The molecule has 0 aliphatic heterocycles. The van der Waals surface area contributed by atoms with E-state index < -0.39 is 5.63 Å². The largest absolute Gasteiger partial charge is 0.497 e. The number of ether oxygens (including phenoxy) is 1. The van der Waals surface area contributed by atoms with Crippen molar-refractivity contribution in [3.8, 4) is 22.9 Å². The number of aromatic amines is 1. The van der Waals surface area contributed by atoms with Gasteiger partial charge in [-0.15, -0.1) is 21.6 Å². The maximum absolute atomic E-state index is 12.3. The standard InChI is InChI=1S/C21H14N4O4S/c1-28-12-6-7-15-13(9-12)18(19(26)22-15)24-25-21-23-16(10-30-21)14-8-11-4-2-3-5-17(11)29-20(14)27/h2-10,22,26H,1H3. The van der Waals surface area contributed by atoms with Crippen molar-refractivity contribution in [2.75, 3.05) is 7.11 Å². The van der Waals surface area contributed by atoms with Crippen molar-refractivity contribution < 1.29 is 14.3 Å². The molecular formula is C21H14N4O4S. The van der Waals surface area contributed by atoms with Crippen LogP contribution in [0.3, 0.4) is 0 Å². The molecule has 148 valence electrons. The quantitative estimate of drug-likeness (QED) is 0.294. The Morgan fingerprint density at radius 3 is 2.90 bits per heavy atom. The van der Waals surface area contributed by atoms with E-state index in [4.69, 9.17) is 9.15 Å². The normalized spacial score (nSPS) is 11.6. The number of fused-ring (bicyclic) bond motifs is 2. The zero-order chi connectivity index (χ0) is 20.7. The SMILES string of the molecule is COc1ccc2[nH]c(O)c(N=Nc3nc(-c4cc5ccccc5oc4=O)cs3)c2c1. The fraction of sp³-hybridized carbons (Fsp3) is 0.0476. The average Bonchev–Trinajstić information content (AvgIpc) is 3.34. The summed E-state index contributed by atoms with van der Waals surface area (Å²) in [6, 6.07) is 14.3. The molecule has 0 saturated carbocycles. The zero-order valence-electron chi connectivity index (χ0n) is 15.6. The van der Waals surface area contributed by atoms with E-state index in [1.165, 1.54) is 11.3 Å². The number of para-hydroxylation sites is 1. The minimum Gasteiger partial charge on any atom is -0.497 e. The molecule has 0 aliphatic carbocycles. The minimum absolute atomic E-state index is 0.103. The Morgan fingerprint density at radius 1 is 1.17 bits per heavy atom. The third kappa shape index (κ3) is 3.11. The van der Waals surface area contributed by atoms with E-state index in [0.29, 0.717) is 38.6 Å². The number of H-pyrrole nitrogens is 1. The van der Waals surface area contributed by atoms with E-state index in [-0.39, 0.29) is 11.6 Å². The highest BCUT2D eigenvalue weighted by Crippen LogP contribution is 2.38. The van der Waals surface area contributed by atoms with Crippen LogP contribution >= 0.6 is 11.3 Å². The number of benzene rings is 2. The topological polar surface area (TPSA) is 113 Å². The molecule has 3 heterocycles. The van der Waals surface area contributed by atoms with Crippen LogP contribution in [0.25, 0.3) is 33.1 Å². The molecule has 0 aliphatic rings. The van der Waals surface area contributed by atoms with Gasteiger partial charge in [0.15, 0.2) is 5.69 Å². The molecule has 0 amide bonds. The number of rotatable bonds is 4. The van der Waals surface area contributed by atoms with E-state index >= 15 is 0 Å². The number of aromatic hydroxyl groups is 1. The van der Waals surface area contributed by atoms with Gasteiger partial charge in [0.05, 0.1) is 23.9 Å². The van der Waals surface area contributed by atoms with Gasteiger partial charge in [-0.2, -0.15) is 0 Å². The first-order valence-electron chi connectivity index (χ1n) is 8.91. The highest BCUT2D eigenvalue weighted by atomic mass is 32.1. The summed E-state index contributed by atoms with van der Waals surface area (Å²) in [5.41, 5.74) is 1.85. The molecule has 0 spiro atoms. The predicted molar refractivity (Wildman–Crippen MR) is 114 cm³/mol. The first kappa shape index (κ1) is 18.1. The van der Waals surface area contributed by atoms with Gasteiger partial charge >= 0.3 is 5.63 Å². The summed E-state index contributed by atoms with van der Waals surface area (Å²) in [5.74, 6) is 0.534. The molecule has 30 heavy (non-hydrogen) atoms. The van der Waals surface area contributed by atoms with Crippen LogP contribution in [0.5, 0.6) is 11.6 Å². The molecular weight excluding hydrogens is 404 g/mol. The molecule has 2 aromatic carbocycles. The Balaban J connectivity index is 1.51. The van der Waals surface area contributed by atoms with Crippen LogP contribution in [0.2, 0.25) is 0 Å². The second-order valence-corrected chi connectivity index (χ2v) is 7.27. The molecule has 5 rings (SSSR count). The zero-order valence-corrected chi connectivity index (χ0v) is 16.4. The van der Waals surface area contributed by atoms with Gasteiger partial charge in [0.2, 0.25) is 11.0 Å². The summed E-state index contributed by atoms with van der Waals surface area (Å²) < 4.78 is 10.6. The Bertz CT molecular complexity index is 1480. The van der Waals surface area contributed by atoms with Crippen LogP contribution < -0.4 is 10.4 Å². The van der Waals surface area contributed by atoms with Crippen molar-refractivity contribution in [2.24, 2.45) is 10.2 Å². The predicted octanol–water partition coefficient (Wildman–Crippen LogP) is 5.53. The van der Waals surface area contributed by atoms with Crippen LogP contribution in [0.15, 0.2) is 73.4 Å². The lowest BCUT2D eigenvalue weighted by molar-refractivity contribution is 0.415. The van der Waals surface area contributed by atoms with Crippen LogP contribution in [0, 0.1) is 0 Å². The molecule has 0 saturated heterocycles. The van der Waals surface area contributed by atoms with Gasteiger partial charge in [-0.25, -0.2) is 9.78 Å². The van der Waals surface area contributed by atoms with Crippen LogP contribution in [-0.4, -0.2) is 22.2 Å². The van der Waals surface area contributed by atoms with Gasteiger partial charge in [0.1, 0.15) is 11.3 Å². The molecule has 0 unspecified atom stereocenters. The number of methoxy groups -OCH3 is 1. The van der Waals surface area contributed by atoms with Gasteiger partial charge < -0.3 is 19.2 Å². The van der Waals surface area contributed by atoms with Crippen molar-refractivity contribution in [1.29, 1.82) is 0 Å². The summed E-state index contributed by atoms with van der Waals surface area (Å²) in [5, 5.41) is 22.0. The van der Waals surface area contributed by atoms with Crippen molar-refractivity contribution in [2.45, 2.75) is 0 Å². The molecule has 3 aromatic heterocycles. The van der Waals surface area contributed by atoms with Gasteiger partial charge in [0.25, 0.3) is 0 Å². The van der Waals surface area contributed by atoms with Crippen LogP contribution in [-0.2, 0) is 0 Å². The van der Waals surface area contributed by atoms with Crippen molar-refractivity contribution in [3.63, 3.8) is 0 Å². The lowest BCUT2D eigenvalue weighted by Crippen LogP contribution is -2.02. The van der Waals surface area contributed by atoms with E-state index in [1.807, 2.05) is 18.2 Å². The number of nitrogens with zero attached hydrogens (tertiary/aromatic N) is 3. The lowest BCUT2D eigenvalue weighted by atomic mass is 10.1. The van der Waals surface area contributed by atoms with Gasteiger partial charge in [-0.05, 0) is 30.3 Å². The highest BCUT2D eigenvalue weighted by molar-refractivity contribution is 7.13. The Kier molecular flexibility index (Phi) is 4.29. The van der Waals surface area contributed by atoms with E-state index in [1.54, 1.807) is 42.8 Å². The van der Waals surface area contributed by atoms with Crippen molar-refractivity contribution in [3.05, 3.63) is 64.3 Å². The fourth-order valence-corrected chi connectivity index (χ4v) is 3.77. The minimum atomic E-state index is -0.469. The first-order valence-corrected chi connectivity index (χ1v) is 9.79.